The molecule has 0 radical (unpaired) electrons. The fourth-order valence-electron chi connectivity index (χ4n) is 2.34. The number of amides is 1. The van der Waals surface area contributed by atoms with Crippen LogP contribution in [0.25, 0.3) is 0 Å². The number of nitrogens with one attached hydrogen (secondary N) is 3. The Morgan fingerprint density at radius 3 is 2.47 bits per heavy atom. The van der Waals surface area contributed by atoms with Crippen molar-refractivity contribution in [2.24, 2.45) is 4.99 Å². The number of nitrogens with zero attached hydrogens (tertiary/aromatic N) is 1. The zero-order valence-electron chi connectivity index (χ0n) is 16.4. The highest BCUT2D eigenvalue weighted by atomic mass is 19.2. The van der Waals surface area contributed by atoms with Gasteiger partial charge in [0, 0.05) is 6.54 Å². The molecule has 0 aliphatic heterocycles. The van der Waals surface area contributed by atoms with E-state index in [0.29, 0.717) is 12.6 Å². The van der Waals surface area contributed by atoms with Gasteiger partial charge in [0.15, 0.2) is 35.0 Å². The molecular formula is C20H22F4N4O2. The molecule has 0 spiro atoms. The number of benzene rings is 2. The maximum Gasteiger partial charge on any atom is 0.246 e. The molecule has 0 heterocycles. The Morgan fingerprint density at radius 2 is 1.77 bits per heavy atom. The molecule has 1 atom stereocenters. The van der Waals surface area contributed by atoms with Crippen molar-refractivity contribution in [1.82, 2.24) is 10.6 Å². The number of carbonyl (C=O) groups is 1. The summed E-state index contributed by atoms with van der Waals surface area (Å²) in [5.41, 5.74) is -0.487. The van der Waals surface area contributed by atoms with Crippen molar-refractivity contribution in [2.75, 3.05) is 25.0 Å². The predicted molar refractivity (Wildman–Crippen MR) is 105 cm³/mol. The Kier molecular flexibility index (Phi) is 8.45. The molecule has 0 saturated heterocycles. The summed E-state index contributed by atoms with van der Waals surface area (Å²) in [5, 5.41) is 7.97. The minimum absolute atomic E-state index is 0.113. The zero-order valence-corrected chi connectivity index (χ0v) is 16.4. The second-order valence-corrected chi connectivity index (χ2v) is 6.21. The average molecular weight is 426 g/mol. The molecule has 0 saturated carbocycles. The molecule has 0 aromatic heterocycles. The zero-order chi connectivity index (χ0) is 22.1. The van der Waals surface area contributed by atoms with Crippen molar-refractivity contribution in [1.29, 1.82) is 0 Å². The van der Waals surface area contributed by atoms with Crippen molar-refractivity contribution in [2.45, 2.75) is 20.0 Å². The number of halogens is 4. The Bertz CT molecular complexity index is 908. The van der Waals surface area contributed by atoms with E-state index in [0.717, 1.165) is 6.07 Å². The van der Waals surface area contributed by atoms with Crippen molar-refractivity contribution in [3.05, 3.63) is 59.7 Å². The molecule has 0 aliphatic carbocycles. The summed E-state index contributed by atoms with van der Waals surface area (Å²) in [5.74, 6) is -5.34. The molecule has 3 N–H and O–H groups in total. The van der Waals surface area contributed by atoms with E-state index in [2.05, 4.69) is 20.9 Å². The van der Waals surface area contributed by atoms with Crippen LogP contribution in [-0.2, 0) is 4.79 Å². The molecule has 10 heteroatoms. The fraction of sp³-hybridized carbons (Fsp3) is 0.300. The maximum absolute atomic E-state index is 13.6. The Balaban J connectivity index is 1.91. The number of rotatable bonds is 8. The molecule has 30 heavy (non-hydrogen) atoms. The van der Waals surface area contributed by atoms with Crippen LogP contribution in [0.1, 0.15) is 13.8 Å². The van der Waals surface area contributed by atoms with Crippen LogP contribution < -0.4 is 20.7 Å². The van der Waals surface area contributed by atoms with Crippen molar-refractivity contribution in [3.8, 4) is 5.75 Å². The van der Waals surface area contributed by atoms with Crippen LogP contribution in [0.5, 0.6) is 5.75 Å². The Hall–Kier alpha value is -3.30. The number of para-hydroxylation sites is 1. The van der Waals surface area contributed by atoms with Crippen LogP contribution in [0.3, 0.4) is 0 Å². The summed E-state index contributed by atoms with van der Waals surface area (Å²) in [6.45, 7) is 3.87. The predicted octanol–water partition coefficient (Wildman–Crippen LogP) is 3.20. The number of guanidine groups is 1. The first-order chi connectivity index (χ1) is 14.3. The standard InChI is InChI=1S/C20H22F4N4O2/c1-3-25-20(26-10-12(2)30-16-7-5-4-6-13(16)21)27-11-17(29)28-15-9-8-14(22)18(23)19(15)24/h4-9,12H,3,10-11H2,1-2H3,(H,28,29)(H2,25,26,27). The lowest BCUT2D eigenvalue weighted by Crippen LogP contribution is -2.42. The van der Waals surface area contributed by atoms with Crippen molar-refractivity contribution in [3.63, 3.8) is 0 Å². The molecular weight excluding hydrogens is 404 g/mol. The van der Waals surface area contributed by atoms with Gasteiger partial charge in [-0.25, -0.2) is 22.6 Å². The maximum atomic E-state index is 13.6. The number of hydrogen-bond donors (Lipinski definition) is 3. The van der Waals surface area contributed by atoms with E-state index in [1.807, 2.05) is 6.92 Å². The number of anilines is 1. The van der Waals surface area contributed by atoms with Gasteiger partial charge in [0.05, 0.1) is 12.2 Å². The van der Waals surface area contributed by atoms with Gasteiger partial charge in [0.2, 0.25) is 5.91 Å². The summed E-state index contributed by atoms with van der Waals surface area (Å²) in [6.07, 6.45) is -0.420. The van der Waals surface area contributed by atoms with Gasteiger partial charge in [-0.1, -0.05) is 12.1 Å². The van der Waals surface area contributed by atoms with Crippen molar-refractivity contribution < 1.29 is 27.1 Å². The summed E-state index contributed by atoms with van der Waals surface area (Å²) in [4.78, 5) is 16.0. The second-order valence-electron chi connectivity index (χ2n) is 6.21. The number of ether oxygens (including phenoxy) is 1. The van der Waals surface area contributed by atoms with Gasteiger partial charge < -0.3 is 20.7 Å². The molecule has 6 nitrogen and oxygen atoms in total. The van der Waals surface area contributed by atoms with Gasteiger partial charge in [-0.2, -0.15) is 0 Å². The van der Waals surface area contributed by atoms with Gasteiger partial charge in [-0.15, -0.1) is 0 Å². The van der Waals surface area contributed by atoms with Crippen LogP contribution in [0.2, 0.25) is 0 Å². The monoisotopic (exact) mass is 426 g/mol. The topological polar surface area (TPSA) is 74.8 Å². The van der Waals surface area contributed by atoms with E-state index in [4.69, 9.17) is 4.74 Å². The first-order valence-corrected chi connectivity index (χ1v) is 9.18. The Labute approximate surface area is 171 Å². The molecule has 0 fully saturated rings. The van der Waals surface area contributed by atoms with Gasteiger partial charge in [0.25, 0.3) is 0 Å². The largest absolute Gasteiger partial charge is 0.486 e. The molecule has 2 aromatic carbocycles. The van der Waals surface area contributed by atoms with E-state index in [1.54, 1.807) is 19.1 Å². The summed E-state index contributed by atoms with van der Waals surface area (Å²) in [7, 11) is 0. The van der Waals surface area contributed by atoms with Gasteiger partial charge in [-0.3, -0.25) is 4.79 Å². The lowest BCUT2D eigenvalue weighted by molar-refractivity contribution is -0.114. The van der Waals surface area contributed by atoms with E-state index < -0.39 is 47.5 Å². The van der Waals surface area contributed by atoms with Crippen LogP contribution in [-0.4, -0.2) is 37.6 Å². The van der Waals surface area contributed by atoms with Crippen molar-refractivity contribution >= 4 is 17.6 Å². The number of aliphatic imine (C=N–C) groups is 1. The number of hydrogen-bond acceptors (Lipinski definition) is 3. The van der Waals surface area contributed by atoms with Crippen LogP contribution in [0, 0.1) is 23.3 Å². The van der Waals surface area contributed by atoms with Crippen LogP contribution in [0.15, 0.2) is 41.4 Å². The summed E-state index contributed by atoms with van der Waals surface area (Å²) >= 11 is 0. The molecule has 0 bridgehead atoms. The third kappa shape index (κ3) is 6.64. The highest BCUT2D eigenvalue weighted by molar-refractivity contribution is 5.94. The minimum Gasteiger partial charge on any atom is -0.486 e. The first-order valence-electron chi connectivity index (χ1n) is 9.18. The van der Waals surface area contributed by atoms with Gasteiger partial charge in [-0.05, 0) is 38.1 Å². The van der Waals surface area contributed by atoms with E-state index in [1.165, 1.54) is 12.1 Å². The summed E-state index contributed by atoms with van der Waals surface area (Å²) in [6, 6.07) is 7.62. The minimum atomic E-state index is -1.67. The smallest absolute Gasteiger partial charge is 0.246 e. The van der Waals surface area contributed by atoms with Gasteiger partial charge in [0.1, 0.15) is 12.6 Å². The molecule has 162 valence electrons. The highest BCUT2D eigenvalue weighted by Gasteiger charge is 2.15. The molecule has 0 aliphatic rings. The molecule has 2 aromatic rings. The molecule has 1 amide bonds. The lowest BCUT2D eigenvalue weighted by atomic mass is 10.3. The quantitative estimate of drug-likeness (QED) is 0.262. The third-order valence-electron chi connectivity index (χ3n) is 3.76. The van der Waals surface area contributed by atoms with Gasteiger partial charge >= 0.3 is 0 Å². The average Bonchev–Trinajstić information content (AvgIpc) is 2.72. The SMILES string of the molecule is CCNC(=NCC(=O)Nc1ccc(F)c(F)c1F)NCC(C)Oc1ccccc1F. The fourth-order valence-corrected chi connectivity index (χ4v) is 2.34. The van der Waals surface area contributed by atoms with Crippen LogP contribution >= 0.6 is 0 Å². The third-order valence-corrected chi connectivity index (χ3v) is 3.76. The summed E-state index contributed by atoms with van der Waals surface area (Å²) < 4.78 is 58.9. The van der Waals surface area contributed by atoms with Crippen LogP contribution in [0.4, 0.5) is 23.2 Å². The molecule has 2 rings (SSSR count). The Morgan fingerprint density at radius 1 is 1.03 bits per heavy atom. The molecule has 1 unspecified atom stereocenters. The second kappa shape index (κ2) is 11.0. The van der Waals surface area contributed by atoms with E-state index in [-0.39, 0.29) is 18.3 Å². The highest BCUT2D eigenvalue weighted by Crippen LogP contribution is 2.19. The van der Waals surface area contributed by atoms with E-state index >= 15 is 0 Å². The lowest BCUT2D eigenvalue weighted by Gasteiger charge is -2.18. The first kappa shape index (κ1) is 23.0. The number of carbonyl (C=O) groups excluding carboxylic acids is 1. The normalized spacial score (nSPS) is 12.3. The van der Waals surface area contributed by atoms with E-state index in [9.17, 15) is 22.4 Å².